The van der Waals surface area contributed by atoms with Gasteiger partial charge in [0.25, 0.3) is 0 Å². The first kappa shape index (κ1) is 10.2. The van der Waals surface area contributed by atoms with E-state index < -0.39 is 0 Å². The van der Waals surface area contributed by atoms with Crippen LogP contribution in [0.2, 0.25) is 0 Å². The summed E-state index contributed by atoms with van der Waals surface area (Å²) in [6.07, 6.45) is 1.26. The quantitative estimate of drug-likeness (QED) is 0.814. The fourth-order valence-electron chi connectivity index (χ4n) is 2.98. The lowest BCUT2D eigenvalue weighted by Crippen LogP contribution is -2.33. The molecule has 0 spiro atoms. The standard InChI is InChI=1S/C13H17FN2/c14-12-4-2-1-3-11(12)9-16-6-5-10-7-15-8-13(10)16/h1-4,10,13,15H,5-9H2/t10-,13+/m1/s1. The highest BCUT2D eigenvalue weighted by Crippen LogP contribution is 2.28. The molecule has 0 saturated carbocycles. The molecule has 0 aromatic heterocycles. The van der Waals surface area contributed by atoms with Gasteiger partial charge in [-0.25, -0.2) is 4.39 Å². The van der Waals surface area contributed by atoms with E-state index in [0.717, 1.165) is 37.7 Å². The molecule has 2 aliphatic rings. The Morgan fingerprint density at radius 3 is 3.06 bits per heavy atom. The van der Waals surface area contributed by atoms with Crippen LogP contribution in [-0.2, 0) is 6.54 Å². The third kappa shape index (κ3) is 1.74. The Balaban J connectivity index is 1.73. The van der Waals surface area contributed by atoms with Gasteiger partial charge < -0.3 is 5.32 Å². The van der Waals surface area contributed by atoms with E-state index in [1.165, 1.54) is 6.42 Å². The minimum Gasteiger partial charge on any atom is -0.315 e. The number of fused-ring (bicyclic) bond motifs is 1. The first-order valence-corrected chi connectivity index (χ1v) is 6.03. The van der Waals surface area contributed by atoms with Gasteiger partial charge in [0.05, 0.1) is 0 Å². The number of rotatable bonds is 2. The van der Waals surface area contributed by atoms with Crippen LogP contribution in [0.25, 0.3) is 0 Å². The fraction of sp³-hybridized carbons (Fsp3) is 0.538. The lowest BCUT2D eigenvalue weighted by atomic mass is 10.0. The highest BCUT2D eigenvalue weighted by molar-refractivity contribution is 5.17. The minimum absolute atomic E-state index is 0.0723. The molecule has 1 aromatic carbocycles. The predicted molar refractivity (Wildman–Crippen MR) is 61.6 cm³/mol. The summed E-state index contributed by atoms with van der Waals surface area (Å²) in [6.45, 7) is 4.08. The van der Waals surface area contributed by atoms with E-state index >= 15 is 0 Å². The highest BCUT2D eigenvalue weighted by Gasteiger charge is 2.37. The maximum Gasteiger partial charge on any atom is 0.127 e. The van der Waals surface area contributed by atoms with Gasteiger partial charge in [-0.15, -0.1) is 0 Å². The fourth-order valence-corrected chi connectivity index (χ4v) is 2.98. The first-order chi connectivity index (χ1) is 7.84. The third-order valence-corrected chi connectivity index (χ3v) is 3.89. The van der Waals surface area contributed by atoms with E-state index in [0.29, 0.717) is 6.04 Å². The average molecular weight is 220 g/mol. The van der Waals surface area contributed by atoms with Crippen molar-refractivity contribution < 1.29 is 4.39 Å². The second-order valence-corrected chi connectivity index (χ2v) is 4.84. The number of hydrogen-bond acceptors (Lipinski definition) is 2. The van der Waals surface area contributed by atoms with Crippen LogP contribution in [0.15, 0.2) is 24.3 Å². The maximum atomic E-state index is 13.5. The molecule has 2 nitrogen and oxygen atoms in total. The normalized spacial score (nSPS) is 29.6. The smallest absolute Gasteiger partial charge is 0.127 e. The summed E-state index contributed by atoms with van der Waals surface area (Å²) in [5.41, 5.74) is 0.829. The number of likely N-dealkylation sites (tertiary alicyclic amines) is 1. The number of nitrogens with one attached hydrogen (secondary N) is 1. The van der Waals surface area contributed by atoms with Crippen LogP contribution in [0.1, 0.15) is 12.0 Å². The van der Waals surface area contributed by atoms with Crippen LogP contribution in [0.5, 0.6) is 0 Å². The summed E-state index contributed by atoms with van der Waals surface area (Å²) in [4.78, 5) is 2.42. The molecule has 1 N–H and O–H groups in total. The molecule has 2 fully saturated rings. The third-order valence-electron chi connectivity index (χ3n) is 3.89. The van der Waals surface area contributed by atoms with Crippen LogP contribution in [0.4, 0.5) is 4.39 Å². The Bertz CT molecular complexity index is 380. The van der Waals surface area contributed by atoms with Crippen molar-refractivity contribution in [2.24, 2.45) is 5.92 Å². The molecule has 0 unspecified atom stereocenters. The van der Waals surface area contributed by atoms with Crippen LogP contribution in [-0.4, -0.2) is 30.6 Å². The largest absolute Gasteiger partial charge is 0.315 e. The molecular formula is C13H17FN2. The van der Waals surface area contributed by atoms with Crippen molar-refractivity contribution in [2.45, 2.75) is 19.0 Å². The zero-order valence-corrected chi connectivity index (χ0v) is 9.32. The lowest BCUT2D eigenvalue weighted by molar-refractivity contribution is 0.241. The molecule has 2 atom stereocenters. The van der Waals surface area contributed by atoms with Gasteiger partial charge in [-0.3, -0.25) is 4.90 Å². The molecule has 2 heterocycles. The Kier molecular flexibility index (Phi) is 2.65. The van der Waals surface area contributed by atoms with Gasteiger partial charge in [-0.2, -0.15) is 0 Å². The summed E-state index contributed by atoms with van der Waals surface area (Å²) < 4.78 is 13.5. The molecule has 0 amide bonds. The van der Waals surface area contributed by atoms with Crippen LogP contribution in [0.3, 0.4) is 0 Å². The summed E-state index contributed by atoms with van der Waals surface area (Å²) in [6, 6.07) is 7.74. The lowest BCUT2D eigenvalue weighted by Gasteiger charge is -2.23. The van der Waals surface area contributed by atoms with Crippen molar-refractivity contribution in [1.29, 1.82) is 0 Å². The number of halogens is 1. The topological polar surface area (TPSA) is 15.3 Å². The predicted octanol–water partition coefficient (Wildman–Crippen LogP) is 1.62. The number of benzene rings is 1. The van der Waals surface area contributed by atoms with Crippen molar-refractivity contribution in [1.82, 2.24) is 10.2 Å². The summed E-state index contributed by atoms with van der Waals surface area (Å²) in [7, 11) is 0. The molecule has 0 bridgehead atoms. The Hall–Kier alpha value is -0.930. The van der Waals surface area contributed by atoms with Gasteiger partial charge in [-0.05, 0) is 31.5 Å². The van der Waals surface area contributed by atoms with Gasteiger partial charge in [-0.1, -0.05) is 18.2 Å². The summed E-state index contributed by atoms with van der Waals surface area (Å²) in [5.74, 6) is 0.712. The number of hydrogen-bond donors (Lipinski definition) is 1. The van der Waals surface area contributed by atoms with E-state index in [1.54, 1.807) is 12.1 Å². The molecular weight excluding hydrogens is 203 g/mol. The van der Waals surface area contributed by atoms with E-state index in [-0.39, 0.29) is 5.82 Å². The van der Waals surface area contributed by atoms with E-state index in [9.17, 15) is 4.39 Å². The molecule has 2 saturated heterocycles. The molecule has 0 radical (unpaired) electrons. The zero-order valence-electron chi connectivity index (χ0n) is 9.32. The van der Waals surface area contributed by atoms with Crippen molar-refractivity contribution in [3.8, 4) is 0 Å². The van der Waals surface area contributed by atoms with Gasteiger partial charge in [0.15, 0.2) is 0 Å². The van der Waals surface area contributed by atoms with Crippen LogP contribution in [0, 0.1) is 11.7 Å². The molecule has 86 valence electrons. The zero-order chi connectivity index (χ0) is 11.0. The molecule has 2 aliphatic heterocycles. The van der Waals surface area contributed by atoms with Crippen molar-refractivity contribution in [2.75, 3.05) is 19.6 Å². The monoisotopic (exact) mass is 220 g/mol. The summed E-state index contributed by atoms with van der Waals surface area (Å²) in [5, 5.41) is 3.42. The van der Waals surface area contributed by atoms with Gasteiger partial charge >= 0.3 is 0 Å². The molecule has 0 aliphatic carbocycles. The Morgan fingerprint density at radius 2 is 2.19 bits per heavy atom. The van der Waals surface area contributed by atoms with E-state index in [2.05, 4.69) is 10.2 Å². The van der Waals surface area contributed by atoms with Gasteiger partial charge in [0.1, 0.15) is 5.82 Å². The molecule has 3 heteroatoms. The molecule has 3 rings (SSSR count). The second-order valence-electron chi connectivity index (χ2n) is 4.84. The van der Waals surface area contributed by atoms with E-state index in [1.807, 2.05) is 12.1 Å². The van der Waals surface area contributed by atoms with Crippen LogP contribution < -0.4 is 5.32 Å². The van der Waals surface area contributed by atoms with Gasteiger partial charge in [0, 0.05) is 24.7 Å². The Morgan fingerprint density at radius 1 is 1.31 bits per heavy atom. The van der Waals surface area contributed by atoms with Crippen molar-refractivity contribution in [3.05, 3.63) is 35.6 Å². The average Bonchev–Trinajstić information content (AvgIpc) is 2.86. The highest BCUT2D eigenvalue weighted by atomic mass is 19.1. The minimum atomic E-state index is -0.0723. The van der Waals surface area contributed by atoms with Crippen molar-refractivity contribution in [3.63, 3.8) is 0 Å². The van der Waals surface area contributed by atoms with Crippen LogP contribution >= 0.6 is 0 Å². The number of nitrogens with zero attached hydrogens (tertiary/aromatic N) is 1. The maximum absolute atomic E-state index is 13.5. The first-order valence-electron chi connectivity index (χ1n) is 6.03. The van der Waals surface area contributed by atoms with E-state index in [4.69, 9.17) is 0 Å². The molecule has 1 aromatic rings. The molecule has 16 heavy (non-hydrogen) atoms. The van der Waals surface area contributed by atoms with Crippen molar-refractivity contribution >= 4 is 0 Å². The Labute approximate surface area is 95.4 Å². The van der Waals surface area contributed by atoms with Gasteiger partial charge in [0.2, 0.25) is 0 Å². The summed E-state index contributed by atoms with van der Waals surface area (Å²) >= 11 is 0. The second kappa shape index (κ2) is 4.15. The SMILES string of the molecule is Fc1ccccc1CN1CC[C@@H]2CNC[C@@H]21.